The Morgan fingerprint density at radius 3 is 2.81 bits per heavy atom. The van der Waals surface area contributed by atoms with Gasteiger partial charge in [0.15, 0.2) is 5.16 Å². The molecule has 1 aromatic heterocycles. The normalized spacial score (nSPS) is 11.9. The van der Waals surface area contributed by atoms with E-state index in [1.54, 1.807) is 37.6 Å². The number of aryl methyl sites for hydroxylation is 1. The third-order valence-electron chi connectivity index (χ3n) is 3.64. The van der Waals surface area contributed by atoms with Crippen molar-refractivity contribution in [2.45, 2.75) is 37.6 Å². The molecule has 0 bridgehead atoms. The van der Waals surface area contributed by atoms with Crippen LogP contribution in [0.25, 0.3) is 0 Å². The van der Waals surface area contributed by atoms with Crippen molar-refractivity contribution in [3.8, 4) is 0 Å². The average molecular weight is 397 g/mol. The third kappa shape index (κ3) is 5.22. The van der Waals surface area contributed by atoms with E-state index in [0.29, 0.717) is 28.3 Å². The smallest absolute Gasteiger partial charge is 0.313 e. The molecule has 0 spiro atoms. The first-order valence-corrected chi connectivity index (χ1v) is 9.35. The van der Waals surface area contributed by atoms with Crippen molar-refractivity contribution in [3.63, 3.8) is 0 Å². The highest BCUT2D eigenvalue weighted by Gasteiger charge is 2.20. The van der Waals surface area contributed by atoms with Crippen molar-refractivity contribution in [1.82, 2.24) is 14.8 Å². The van der Waals surface area contributed by atoms with Crippen LogP contribution in [0.15, 0.2) is 23.4 Å². The van der Waals surface area contributed by atoms with E-state index in [4.69, 9.17) is 16.3 Å². The van der Waals surface area contributed by atoms with Crippen molar-refractivity contribution in [2.24, 2.45) is 7.05 Å². The first-order chi connectivity index (χ1) is 12.3. The molecule has 1 amide bonds. The molecule has 0 aliphatic carbocycles. The van der Waals surface area contributed by atoms with Gasteiger partial charge in [-0.2, -0.15) is 0 Å². The standard InChI is InChI=1S/C17H21ClN4O3S/c1-5-25-15(23)9-14-20-21-17(22(14)4)26-11(3)16(24)19-13-8-12(18)7-6-10(13)2/h6-8,11H,5,9H2,1-4H3,(H,19,24). The van der Waals surface area contributed by atoms with Gasteiger partial charge in [0.25, 0.3) is 0 Å². The molecular weight excluding hydrogens is 376 g/mol. The molecule has 0 aliphatic heterocycles. The molecule has 0 radical (unpaired) electrons. The highest BCUT2D eigenvalue weighted by molar-refractivity contribution is 8.00. The number of nitrogens with zero attached hydrogens (tertiary/aromatic N) is 3. The first kappa shape index (κ1) is 20.3. The Bertz CT molecular complexity index is 809. The Morgan fingerprint density at radius 2 is 2.12 bits per heavy atom. The third-order valence-corrected chi connectivity index (χ3v) is 5.01. The Morgan fingerprint density at radius 1 is 1.38 bits per heavy atom. The second-order valence-electron chi connectivity index (χ2n) is 5.65. The number of halogens is 1. The lowest BCUT2D eigenvalue weighted by Crippen LogP contribution is -2.23. The molecule has 7 nitrogen and oxygen atoms in total. The molecule has 0 aliphatic rings. The SMILES string of the molecule is CCOC(=O)Cc1nnc(SC(C)C(=O)Nc2cc(Cl)ccc2C)n1C. The van der Waals surface area contributed by atoms with Gasteiger partial charge in [-0.1, -0.05) is 29.4 Å². The second-order valence-corrected chi connectivity index (χ2v) is 7.39. The van der Waals surface area contributed by atoms with Gasteiger partial charge < -0.3 is 14.6 Å². The number of ether oxygens (including phenoxy) is 1. The molecule has 2 aromatic rings. The molecule has 1 unspecified atom stereocenters. The summed E-state index contributed by atoms with van der Waals surface area (Å²) in [5, 5.41) is 11.6. The van der Waals surface area contributed by atoms with E-state index in [9.17, 15) is 9.59 Å². The molecule has 0 saturated heterocycles. The van der Waals surface area contributed by atoms with Crippen molar-refractivity contribution >= 4 is 40.9 Å². The van der Waals surface area contributed by atoms with Crippen LogP contribution in [-0.2, 0) is 27.8 Å². The zero-order valence-corrected chi connectivity index (χ0v) is 16.6. The Labute approximate surface area is 161 Å². The van der Waals surface area contributed by atoms with E-state index >= 15 is 0 Å². The van der Waals surface area contributed by atoms with Crippen molar-refractivity contribution < 1.29 is 14.3 Å². The lowest BCUT2D eigenvalue weighted by Gasteiger charge is -2.13. The maximum absolute atomic E-state index is 12.5. The molecule has 0 saturated carbocycles. The van der Waals surface area contributed by atoms with E-state index in [1.165, 1.54) is 11.8 Å². The van der Waals surface area contributed by atoms with Crippen LogP contribution in [-0.4, -0.2) is 38.5 Å². The maximum atomic E-state index is 12.5. The molecule has 9 heteroatoms. The van der Waals surface area contributed by atoms with Gasteiger partial charge in [0.2, 0.25) is 5.91 Å². The van der Waals surface area contributed by atoms with Crippen LogP contribution < -0.4 is 5.32 Å². The summed E-state index contributed by atoms with van der Waals surface area (Å²) in [4.78, 5) is 24.0. The van der Waals surface area contributed by atoms with E-state index in [1.807, 2.05) is 13.0 Å². The van der Waals surface area contributed by atoms with Crippen LogP contribution in [0.1, 0.15) is 25.2 Å². The molecule has 1 heterocycles. The van der Waals surface area contributed by atoms with Gasteiger partial charge in [0.1, 0.15) is 12.2 Å². The minimum Gasteiger partial charge on any atom is -0.466 e. The van der Waals surface area contributed by atoms with Crippen molar-refractivity contribution in [3.05, 3.63) is 34.6 Å². The molecule has 1 aromatic carbocycles. The number of esters is 1. The van der Waals surface area contributed by atoms with Gasteiger partial charge in [-0.3, -0.25) is 9.59 Å². The number of anilines is 1. The highest BCUT2D eigenvalue weighted by atomic mass is 35.5. The summed E-state index contributed by atoms with van der Waals surface area (Å²) in [6.45, 7) is 5.74. The zero-order chi connectivity index (χ0) is 19.3. The second kappa shape index (κ2) is 9.05. The number of aromatic nitrogens is 3. The summed E-state index contributed by atoms with van der Waals surface area (Å²) in [6, 6.07) is 5.33. The number of nitrogens with one attached hydrogen (secondary N) is 1. The summed E-state index contributed by atoms with van der Waals surface area (Å²) in [7, 11) is 1.75. The fraction of sp³-hybridized carbons (Fsp3) is 0.412. The van der Waals surface area contributed by atoms with Gasteiger partial charge in [0.05, 0.1) is 11.9 Å². The summed E-state index contributed by atoms with van der Waals surface area (Å²) in [5.41, 5.74) is 1.60. The largest absolute Gasteiger partial charge is 0.466 e. The summed E-state index contributed by atoms with van der Waals surface area (Å²) in [6.07, 6.45) is 0.0419. The molecule has 0 fully saturated rings. The van der Waals surface area contributed by atoms with Crippen LogP contribution >= 0.6 is 23.4 Å². The number of carbonyl (C=O) groups is 2. The van der Waals surface area contributed by atoms with Crippen LogP contribution in [0.3, 0.4) is 0 Å². The predicted octanol–water partition coefficient (Wildman–Crippen LogP) is 3.00. The Kier molecular flexibility index (Phi) is 7.05. The number of hydrogen-bond donors (Lipinski definition) is 1. The first-order valence-electron chi connectivity index (χ1n) is 8.09. The highest BCUT2D eigenvalue weighted by Crippen LogP contribution is 2.25. The molecule has 140 valence electrons. The molecule has 1 N–H and O–H groups in total. The molecular formula is C17H21ClN4O3S. The minimum atomic E-state index is -0.410. The number of carbonyl (C=O) groups excluding carboxylic acids is 2. The Hall–Kier alpha value is -2.06. The van der Waals surface area contributed by atoms with Gasteiger partial charge in [-0.05, 0) is 38.5 Å². The number of rotatable bonds is 7. The summed E-state index contributed by atoms with van der Waals surface area (Å²) < 4.78 is 6.61. The van der Waals surface area contributed by atoms with E-state index in [0.717, 1.165) is 5.56 Å². The number of amides is 1. The lowest BCUT2D eigenvalue weighted by atomic mass is 10.2. The van der Waals surface area contributed by atoms with E-state index < -0.39 is 5.25 Å². The zero-order valence-electron chi connectivity index (χ0n) is 15.1. The van der Waals surface area contributed by atoms with Crippen molar-refractivity contribution in [1.29, 1.82) is 0 Å². The number of thioether (sulfide) groups is 1. The van der Waals surface area contributed by atoms with E-state index in [2.05, 4.69) is 15.5 Å². The average Bonchev–Trinajstić information content (AvgIpc) is 2.91. The monoisotopic (exact) mass is 396 g/mol. The van der Waals surface area contributed by atoms with E-state index in [-0.39, 0.29) is 18.3 Å². The molecule has 26 heavy (non-hydrogen) atoms. The van der Waals surface area contributed by atoms with Crippen LogP contribution in [0.2, 0.25) is 5.02 Å². The Balaban J connectivity index is 2.01. The minimum absolute atomic E-state index is 0.0419. The molecule has 1 atom stereocenters. The number of hydrogen-bond acceptors (Lipinski definition) is 6. The fourth-order valence-electron chi connectivity index (χ4n) is 2.12. The van der Waals surface area contributed by atoms with Crippen LogP contribution in [0.5, 0.6) is 0 Å². The fourth-order valence-corrected chi connectivity index (χ4v) is 3.12. The summed E-state index contributed by atoms with van der Waals surface area (Å²) >= 11 is 7.24. The van der Waals surface area contributed by atoms with Gasteiger partial charge in [-0.25, -0.2) is 0 Å². The van der Waals surface area contributed by atoms with Gasteiger partial charge >= 0.3 is 5.97 Å². The number of benzene rings is 1. The lowest BCUT2D eigenvalue weighted by molar-refractivity contribution is -0.142. The van der Waals surface area contributed by atoms with Crippen molar-refractivity contribution in [2.75, 3.05) is 11.9 Å². The van der Waals surface area contributed by atoms with Crippen LogP contribution in [0, 0.1) is 6.92 Å². The molecule has 2 rings (SSSR count). The quantitative estimate of drug-likeness (QED) is 0.572. The summed E-state index contributed by atoms with van der Waals surface area (Å²) in [5.74, 6) is -0.0404. The van der Waals surface area contributed by atoms with Gasteiger partial charge in [0, 0.05) is 17.8 Å². The topological polar surface area (TPSA) is 86.1 Å². The maximum Gasteiger partial charge on any atom is 0.313 e. The predicted molar refractivity (Wildman–Crippen MR) is 101 cm³/mol. The van der Waals surface area contributed by atoms with Crippen LogP contribution in [0.4, 0.5) is 5.69 Å². The van der Waals surface area contributed by atoms with Gasteiger partial charge in [-0.15, -0.1) is 10.2 Å².